The van der Waals surface area contributed by atoms with Crippen LogP contribution in [0.25, 0.3) is 0 Å². The normalized spacial score (nSPS) is 28.6. The van der Waals surface area contributed by atoms with Crippen molar-refractivity contribution in [2.24, 2.45) is 11.3 Å². The SMILES string of the molecule is CC(C)(C)OC(=O)NC1CC2CN(Cc3ccccc3)CC2(C(=O)O)C1. The second-order valence-corrected chi connectivity index (χ2v) is 8.60. The number of ether oxygens (including phenoxy) is 1. The molecule has 3 atom stereocenters. The number of aliphatic carboxylic acids is 1. The van der Waals surface area contributed by atoms with Gasteiger partial charge in [0.15, 0.2) is 0 Å². The van der Waals surface area contributed by atoms with Gasteiger partial charge in [-0.15, -0.1) is 0 Å². The molecule has 6 nitrogen and oxygen atoms in total. The maximum absolute atomic E-state index is 12.1. The van der Waals surface area contributed by atoms with Crippen molar-refractivity contribution in [1.82, 2.24) is 10.2 Å². The number of benzene rings is 1. The van der Waals surface area contributed by atoms with Gasteiger partial charge in [-0.3, -0.25) is 9.69 Å². The second kappa shape index (κ2) is 6.91. The third kappa shape index (κ3) is 4.01. The fraction of sp³-hybridized carbons (Fsp3) is 0.600. The molecule has 1 aliphatic heterocycles. The van der Waals surface area contributed by atoms with Gasteiger partial charge >= 0.3 is 12.1 Å². The first-order chi connectivity index (χ1) is 12.2. The van der Waals surface area contributed by atoms with E-state index in [-0.39, 0.29) is 12.0 Å². The molecule has 1 aromatic carbocycles. The summed E-state index contributed by atoms with van der Waals surface area (Å²) in [5.74, 6) is -0.713. The lowest BCUT2D eigenvalue weighted by Crippen LogP contribution is -2.41. The summed E-state index contributed by atoms with van der Waals surface area (Å²) in [6, 6.07) is 9.96. The largest absolute Gasteiger partial charge is 0.481 e. The predicted molar refractivity (Wildman–Crippen MR) is 97.7 cm³/mol. The van der Waals surface area contributed by atoms with Crippen molar-refractivity contribution in [3.05, 3.63) is 35.9 Å². The lowest BCUT2D eigenvalue weighted by molar-refractivity contribution is -0.149. The van der Waals surface area contributed by atoms with Gasteiger partial charge in [-0.05, 0) is 45.1 Å². The van der Waals surface area contributed by atoms with Gasteiger partial charge in [0.2, 0.25) is 0 Å². The number of rotatable bonds is 4. The number of alkyl carbamates (subject to hydrolysis) is 1. The van der Waals surface area contributed by atoms with Crippen LogP contribution in [0, 0.1) is 11.3 Å². The highest BCUT2D eigenvalue weighted by molar-refractivity contribution is 5.77. The van der Waals surface area contributed by atoms with Crippen LogP contribution in [0.3, 0.4) is 0 Å². The summed E-state index contributed by atoms with van der Waals surface area (Å²) in [7, 11) is 0. The number of carbonyl (C=O) groups is 2. The molecule has 0 spiro atoms. The summed E-state index contributed by atoms with van der Waals surface area (Å²) in [5, 5.41) is 12.8. The average Bonchev–Trinajstić information content (AvgIpc) is 3.00. The van der Waals surface area contributed by atoms with Crippen molar-refractivity contribution in [3.63, 3.8) is 0 Å². The van der Waals surface area contributed by atoms with Crippen molar-refractivity contribution >= 4 is 12.1 Å². The highest BCUT2D eigenvalue weighted by atomic mass is 16.6. The van der Waals surface area contributed by atoms with Crippen LogP contribution in [0.15, 0.2) is 30.3 Å². The van der Waals surface area contributed by atoms with Crippen LogP contribution in [0.2, 0.25) is 0 Å². The quantitative estimate of drug-likeness (QED) is 0.863. The van der Waals surface area contributed by atoms with Gasteiger partial charge in [0.1, 0.15) is 5.60 Å². The van der Waals surface area contributed by atoms with E-state index in [2.05, 4.69) is 22.3 Å². The minimum atomic E-state index is -0.783. The zero-order chi connectivity index (χ0) is 18.9. The molecule has 6 heteroatoms. The molecule has 2 N–H and O–H groups in total. The van der Waals surface area contributed by atoms with E-state index >= 15 is 0 Å². The van der Waals surface area contributed by atoms with E-state index in [0.717, 1.165) is 13.1 Å². The molecule has 3 unspecified atom stereocenters. The molecule has 1 aliphatic carbocycles. The fourth-order valence-corrected chi connectivity index (χ4v) is 4.35. The molecule has 3 rings (SSSR count). The van der Waals surface area contributed by atoms with Crippen molar-refractivity contribution < 1.29 is 19.4 Å². The van der Waals surface area contributed by atoms with Gasteiger partial charge in [-0.25, -0.2) is 4.79 Å². The third-order valence-electron chi connectivity index (χ3n) is 5.34. The van der Waals surface area contributed by atoms with E-state index in [0.29, 0.717) is 19.4 Å². The van der Waals surface area contributed by atoms with Gasteiger partial charge in [-0.1, -0.05) is 30.3 Å². The first kappa shape index (κ1) is 18.7. The Hall–Kier alpha value is -2.08. The van der Waals surface area contributed by atoms with E-state index in [1.165, 1.54) is 5.56 Å². The maximum Gasteiger partial charge on any atom is 0.407 e. The lowest BCUT2D eigenvalue weighted by atomic mass is 9.81. The summed E-state index contributed by atoms with van der Waals surface area (Å²) in [6.07, 6.45) is 0.665. The van der Waals surface area contributed by atoms with Crippen LogP contribution < -0.4 is 5.32 Å². The number of carboxylic acids is 1. The molecule has 0 bridgehead atoms. The minimum Gasteiger partial charge on any atom is -0.481 e. The van der Waals surface area contributed by atoms with Crippen LogP contribution in [-0.4, -0.2) is 46.8 Å². The topological polar surface area (TPSA) is 78.9 Å². The number of hydrogen-bond acceptors (Lipinski definition) is 4. The molecule has 1 saturated carbocycles. The minimum absolute atomic E-state index is 0.0450. The number of amides is 1. The van der Waals surface area contributed by atoms with Gasteiger partial charge in [0.25, 0.3) is 0 Å². The lowest BCUT2D eigenvalue weighted by Gasteiger charge is -2.25. The van der Waals surface area contributed by atoms with Crippen LogP contribution in [0.4, 0.5) is 4.79 Å². The molecule has 26 heavy (non-hydrogen) atoms. The molecule has 0 aromatic heterocycles. The summed E-state index contributed by atoms with van der Waals surface area (Å²) >= 11 is 0. The average molecular weight is 360 g/mol. The Kier molecular flexibility index (Phi) is 4.97. The number of hydrogen-bond donors (Lipinski definition) is 2. The van der Waals surface area contributed by atoms with Gasteiger partial charge in [0.05, 0.1) is 5.41 Å². The van der Waals surface area contributed by atoms with Crippen molar-refractivity contribution in [2.45, 2.75) is 51.8 Å². The Morgan fingerprint density at radius 2 is 2.00 bits per heavy atom. The Morgan fingerprint density at radius 1 is 1.31 bits per heavy atom. The number of fused-ring (bicyclic) bond motifs is 1. The molecular weight excluding hydrogens is 332 g/mol. The van der Waals surface area contributed by atoms with Gasteiger partial charge in [0, 0.05) is 25.7 Å². The summed E-state index contributed by atoms with van der Waals surface area (Å²) < 4.78 is 5.31. The molecule has 2 aliphatic rings. The van der Waals surface area contributed by atoms with Crippen LogP contribution in [0.1, 0.15) is 39.2 Å². The maximum atomic E-state index is 12.1. The first-order valence-corrected chi connectivity index (χ1v) is 9.17. The highest BCUT2D eigenvalue weighted by Crippen LogP contribution is 2.49. The van der Waals surface area contributed by atoms with Crippen LogP contribution in [-0.2, 0) is 16.1 Å². The Labute approximate surface area is 154 Å². The molecule has 1 heterocycles. The van der Waals surface area contributed by atoms with Gasteiger partial charge in [-0.2, -0.15) is 0 Å². The zero-order valence-electron chi connectivity index (χ0n) is 15.7. The number of nitrogens with zero attached hydrogens (tertiary/aromatic N) is 1. The fourth-order valence-electron chi connectivity index (χ4n) is 4.35. The van der Waals surface area contributed by atoms with E-state index in [1.54, 1.807) is 0 Å². The molecule has 142 valence electrons. The van der Waals surface area contributed by atoms with Crippen molar-refractivity contribution in [2.75, 3.05) is 13.1 Å². The molecule has 1 aromatic rings. The Bertz CT molecular complexity index is 670. The smallest absolute Gasteiger partial charge is 0.407 e. The Morgan fingerprint density at radius 3 is 2.58 bits per heavy atom. The number of nitrogens with one attached hydrogen (secondary N) is 1. The Balaban J connectivity index is 1.63. The second-order valence-electron chi connectivity index (χ2n) is 8.60. The molecule has 1 amide bonds. The molecule has 0 radical (unpaired) electrons. The van der Waals surface area contributed by atoms with E-state index in [4.69, 9.17) is 4.74 Å². The summed E-state index contributed by atoms with van der Waals surface area (Å²) in [6.45, 7) is 7.47. The highest BCUT2D eigenvalue weighted by Gasteiger charge is 2.58. The van der Waals surface area contributed by atoms with E-state index in [1.807, 2.05) is 39.0 Å². The van der Waals surface area contributed by atoms with Gasteiger partial charge < -0.3 is 15.2 Å². The number of likely N-dealkylation sites (tertiary alicyclic amines) is 1. The molecule has 2 fully saturated rings. The summed E-state index contributed by atoms with van der Waals surface area (Å²) in [4.78, 5) is 26.3. The van der Waals surface area contributed by atoms with Crippen molar-refractivity contribution in [3.8, 4) is 0 Å². The van der Waals surface area contributed by atoms with Crippen molar-refractivity contribution in [1.29, 1.82) is 0 Å². The van der Waals surface area contributed by atoms with Crippen LogP contribution in [0.5, 0.6) is 0 Å². The predicted octanol–water partition coefficient (Wildman–Crippen LogP) is 2.88. The van der Waals surface area contributed by atoms with Crippen LogP contribution >= 0.6 is 0 Å². The van der Waals surface area contributed by atoms with E-state index < -0.39 is 23.1 Å². The zero-order valence-corrected chi connectivity index (χ0v) is 15.7. The standard InChI is InChI=1S/C20H28N2O4/c1-19(2,3)26-18(25)21-16-9-15-12-22(11-14-7-5-4-6-8-14)13-20(15,10-16)17(23)24/h4-8,15-16H,9-13H2,1-3H3,(H,21,25)(H,23,24). The number of carbonyl (C=O) groups excluding carboxylic acids is 1. The van der Waals surface area contributed by atoms with E-state index in [9.17, 15) is 14.7 Å². The third-order valence-corrected chi connectivity index (χ3v) is 5.34. The summed E-state index contributed by atoms with van der Waals surface area (Å²) in [5.41, 5.74) is -0.152. The molecular formula is C20H28N2O4. The monoisotopic (exact) mass is 360 g/mol. The first-order valence-electron chi connectivity index (χ1n) is 9.17. The number of carboxylic acid groups (broad SMARTS) is 1. The molecule has 1 saturated heterocycles.